The van der Waals surface area contributed by atoms with Crippen LogP contribution in [0.2, 0.25) is 0 Å². The lowest BCUT2D eigenvalue weighted by Crippen LogP contribution is -2.49. The van der Waals surface area contributed by atoms with Crippen LogP contribution in [0.25, 0.3) is 0 Å². The first-order valence-corrected chi connectivity index (χ1v) is 7.13. The lowest BCUT2D eigenvalue weighted by molar-refractivity contribution is -0.117. The van der Waals surface area contributed by atoms with Crippen molar-refractivity contribution in [2.75, 3.05) is 18.0 Å². The number of carbonyl (C=O) groups excluding carboxylic acids is 2. The van der Waals surface area contributed by atoms with Crippen LogP contribution in [0, 0.1) is 0 Å². The van der Waals surface area contributed by atoms with E-state index in [9.17, 15) is 9.59 Å². The smallest absolute Gasteiger partial charge is 0.296 e. The molecule has 3 rings (SSSR count). The van der Waals surface area contributed by atoms with Gasteiger partial charge < -0.3 is 14.6 Å². The van der Waals surface area contributed by atoms with Gasteiger partial charge in [0, 0.05) is 31.5 Å². The molecule has 0 aromatic carbocycles. The molecule has 22 heavy (non-hydrogen) atoms. The summed E-state index contributed by atoms with van der Waals surface area (Å²) in [6.45, 7) is 1.47. The van der Waals surface area contributed by atoms with Crippen molar-refractivity contribution in [3.8, 4) is 0 Å². The molecule has 3 heterocycles. The topological polar surface area (TPSA) is 88.3 Å². The number of hydrogen-bond donors (Lipinski definition) is 1. The van der Waals surface area contributed by atoms with E-state index in [0.717, 1.165) is 25.2 Å². The van der Waals surface area contributed by atoms with Crippen LogP contribution in [0.1, 0.15) is 23.4 Å². The number of ketones is 1. The highest BCUT2D eigenvalue weighted by Gasteiger charge is 2.26. The predicted octanol–water partition coefficient (Wildman–Crippen LogP) is 1.04. The highest BCUT2D eigenvalue weighted by molar-refractivity contribution is 6.42. The van der Waals surface area contributed by atoms with E-state index in [-0.39, 0.29) is 11.8 Å². The summed E-state index contributed by atoms with van der Waals surface area (Å²) in [5.74, 6) is -0.458. The maximum Gasteiger partial charge on any atom is 0.296 e. The molecule has 1 aliphatic rings. The minimum atomic E-state index is -0.651. The van der Waals surface area contributed by atoms with Crippen molar-refractivity contribution in [1.29, 1.82) is 0 Å². The molecule has 0 saturated carbocycles. The second-order valence-electron chi connectivity index (χ2n) is 5.13. The molecule has 0 aliphatic carbocycles. The molecule has 1 N–H and O–H groups in total. The molecule has 1 aliphatic heterocycles. The Hall–Kier alpha value is -2.70. The number of carbonyl (C=O) groups is 2. The Morgan fingerprint density at radius 2 is 2.27 bits per heavy atom. The number of nitrogens with zero attached hydrogens (tertiary/aromatic N) is 3. The van der Waals surface area contributed by atoms with Crippen molar-refractivity contribution >= 4 is 17.5 Å². The first-order valence-electron chi connectivity index (χ1n) is 7.13. The number of aromatic nitrogens is 2. The van der Waals surface area contributed by atoms with E-state index < -0.39 is 11.7 Å². The molecule has 114 valence electrons. The quantitative estimate of drug-likeness (QED) is 0.670. The van der Waals surface area contributed by atoms with Crippen LogP contribution in [-0.2, 0) is 4.79 Å². The Kier molecular flexibility index (Phi) is 4.13. The van der Waals surface area contributed by atoms with Gasteiger partial charge >= 0.3 is 0 Å². The standard InChI is InChI=1S/C15H16N4O3/c20-14(12-4-2-8-22-12)15(21)18-11-3-1-7-19(10-11)13-9-16-5-6-17-13/h2,4-6,8-9,11H,1,3,7,10H2,(H,18,21)/t11-/m0/s1. The van der Waals surface area contributed by atoms with Gasteiger partial charge in [0.15, 0.2) is 5.76 Å². The summed E-state index contributed by atoms with van der Waals surface area (Å²) in [6, 6.07) is 2.97. The fourth-order valence-electron chi connectivity index (χ4n) is 2.53. The van der Waals surface area contributed by atoms with Gasteiger partial charge in [0.1, 0.15) is 5.82 Å². The summed E-state index contributed by atoms with van der Waals surface area (Å²) in [4.78, 5) is 34.2. The molecule has 2 aromatic rings. The maximum atomic E-state index is 12.0. The van der Waals surface area contributed by atoms with Crippen LogP contribution >= 0.6 is 0 Å². The minimum Gasteiger partial charge on any atom is -0.461 e. The zero-order valence-electron chi connectivity index (χ0n) is 11.9. The van der Waals surface area contributed by atoms with Crippen LogP contribution in [0.15, 0.2) is 41.4 Å². The van der Waals surface area contributed by atoms with Crippen LogP contribution in [0.5, 0.6) is 0 Å². The van der Waals surface area contributed by atoms with E-state index in [1.807, 2.05) is 0 Å². The number of nitrogens with one attached hydrogen (secondary N) is 1. The lowest BCUT2D eigenvalue weighted by Gasteiger charge is -2.33. The van der Waals surface area contributed by atoms with Crippen LogP contribution in [-0.4, -0.2) is 40.8 Å². The van der Waals surface area contributed by atoms with E-state index >= 15 is 0 Å². The fraction of sp³-hybridized carbons (Fsp3) is 0.333. The molecule has 2 aromatic heterocycles. The second-order valence-corrected chi connectivity index (χ2v) is 5.13. The van der Waals surface area contributed by atoms with Gasteiger partial charge in [-0.05, 0) is 25.0 Å². The number of furan rings is 1. The van der Waals surface area contributed by atoms with Gasteiger partial charge in [-0.15, -0.1) is 0 Å². The fourth-order valence-corrected chi connectivity index (χ4v) is 2.53. The Balaban J connectivity index is 1.61. The summed E-state index contributed by atoms with van der Waals surface area (Å²) in [5.41, 5.74) is 0. The van der Waals surface area contributed by atoms with E-state index in [4.69, 9.17) is 4.42 Å². The highest BCUT2D eigenvalue weighted by Crippen LogP contribution is 2.16. The first kappa shape index (κ1) is 14.2. The summed E-state index contributed by atoms with van der Waals surface area (Å²) in [7, 11) is 0. The molecule has 1 fully saturated rings. The third-order valence-corrected chi connectivity index (χ3v) is 3.58. The van der Waals surface area contributed by atoms with Crippen molar-refractivity contribution in [3.63, 3.8) is 0 Å². The van der Waals surface area contributed by atoms with Gasteiger partial charge in [-0.1, -0.05) is 0 Å². The predicted molar refractivity (Wildman–Crippen MR) is 78.4 cm³/mol. The molecular weight excluding hydrogens is 284 g/mol. The zero-order chi connectivity index (χ0) is 15.4. The van der Waals surface area contributed by atoms with Crippen molar-refractivity contribution in [3.05, 3.63) is 42.7 Å². The molecule has 0 radical (unpaired) electrons. The maximum absolute atomic E-state index is 12.0. The molecule has 7 nitrogen and oxygen atoms in total. The third-order valence-electron chi connectivity index (χ3n) is 3.58. The Bertz CT molecular complexity index is 642. The van der Waals surface area contributed by atoms with Gasteiger partial charge in [-0.3, -0.25) is 14.6 Å². The Morgan fingerprint density at radius 3 is 3.00 bits per heavy atom. The number of amides is 1. The second kappa shape index (κ2) is 6.38. The third kappa shape index (κ3) is 3.13. The highest BCUT2D eigenvalue weighted by atomic mass is 16.3. The van der Waals surface area contributed by atoms with Crippen molar-refractivity contribution in [2.45, 2.75) is 18.9 Å². The monoisotopic (exact) mass is 300 g/mol. The normalized spacial score (nSPS) is 18.0. The average Bonchev–Trinajstić information content (AvgIpc) is 3.09. The number of hydrogen-bond acceptors (Lipinski definition) is 6. The van der Waals surface area contributed by atoms with Crippen LogP contribution in [0.4, 0.5) is 5.82 Å². The summed E-state index contributed by atoms with van der Waals surface area (Å²) in [5, 5.41) is 2.77. The van der Waals surface area contributed by atoms with E-state index in [0.29, 0.717) is 6.54 Å². The Labute approximate surface area is 127 Å². The first-order chi connectivity index (χ1) is 10.7. The number of rotatable bonds is 4. The molecule has 0 bridgehead atoms. The van der Waals surface area contributed by atoms with Crippen molar-refractivity contribution < 1.29 is 14.0 Å². The van der Waals surface area contributed by atoms with Gasteiger partial charge in [-0.25, -0.2) is 4.98 Å². The molecule has 1 saturated heterocycles. The lowest BCUT2D eigenvalue weighted by atomic mass is 10.1. The van der Waals surface area contributed by atoms with Gasteiger partial charge in [0.25, 0.3) is 11.7 Å². The van der Waals surface area contributed by atoms with Crippen molar-refractivity contribution in [2.24, 2.45) is 0 Å². The molecule has 0 unspecified atom stereocenters. The summed E-state index contributed by atoms with van der Waals surface area (Å²) >= 11 is 0. The number of anilines is 1. The summed E-state index contributed by atoms with van der Waals surface area (Å²) in [6.07, 6.45) is 8.06. The molecule has 1 atom stereocenters. The van der Waals surface area contributed by atoms with Crippen molar-refractivity contribution in [1.82, 2.24) is 15.3 Å². The zero-order valence-corrected chi connectivity index (χ0v) is 11.9. The van der Waals surface area contributed by atoms with Gasteiger partial charge in [0.05, 0.1) is 12.5 Å². The van der Waals surface area contributed by atoms with Gasteiger partial charge in [0.2, 0.25) is 0 Å². The number of piperidine rings is 1. The molecule has 7 heteroatoms. The average molecular weight is 300 g/mol. The Morgan fingerprint density at radius 1 is 1.36 bits per heavy atom. The van der Waals surface area contributed by atoms with E-state index in [1.165, 1.54) is 12.3 Å². The van der Waals surface area contributed by atoms with E-state index in [2.05, 4.69) is 20.2 Å². The number of Topliss-reactive ketones (excluding diaryl/α,β-unsaturated/α-hetero) is 1. The summed E-state index contributed by atoms with van der Waals surface area (Å²) < 4.78 is 4.96. The SMILES string of the molecule is O=C(N[C@H]1CCCN(c2cnccn2)C1)C(=O)c1ccco1. The molecular formula is C15H16N4O3. The minimum absolute atomic E-state index is 0.0547. The van der Waals surface area contributed by atoms with E-state index in [1.54, 1.807) is 24.7 Å². The largest absolute Gasteiger partial charge is 0.461 e. The molecule has 1 amide bonds. The molecule has 0 spiro atoms. The van der Waals surface area contributed by atoms with Crippen LogP contribution < -0.4 is 10.2 Å². The van der Waals surface area contributed by atoms with Crippen LogP contribution in [0.3, 0.4) is 0 Å². The van der Waals surface area contributed by atoms with Gasteiger partial charge in [-0.2, -0.15) is 0 Å².